The van der Waals surface area contributed by atoms with E-state index in [0.717, 1.165) is 12.8 Å². The minimum Gasteiger partial charge on any atom is -0.450 e. The highest BCUT2D eigenvalue weighted by Gasteiger charge is 2.02. The van der Waals surface area contributed by atoms with Crippen molar-refractivity contribution in [3.8, 4) is 0 Å². The molecule has 0 radical (unpaired) electrons. The zero-order valence-corrected chi connectivity index (χ0v) is 8.86. The average Bonchev–Trinajstić information content (AvgIpc) is 2.12. The Morgan fingerprint density at radius 1 is 1.12 bits per heavy atom. The molecule has 0 bridgehead atoms. The van der Waals surface area contributed by atoms with Crippen LogP contribution < -0.4 is 0 Å². The van der Waals surface area contributed by atoms with Crippen molar-refractivity contribution < 1.29 is 44.9 Å². The molecule has 0 aliphatic rings. The molecule has 0 saturated heterocycles. The van der Waals surface area contributed by atoms with E-state index in [1.807, 2.05) is 6.92 Å². The van der Waals surface area contributed by atoms with Gasteiger partial charge in [-0.15, -0.1) is 0 Å². The Labute approximate surface area is 91.4 Å². The summed E-state index contributed by atoms with van der Waals surface area (Å²) in [5, 5.41) is 35.9. The largest absolute Gasteiger partial charge is 0.503 e. The Balaban J connectivity index is -0.000000179. The van der Waals surface area contributed by atoms with Crippen LogP contribution in [0.2, 0.25) is 0 Å². The number of methoxy groups -OCH3 is 1. The minimum absolute atomic E-state index is 0.444. The molecule has 9 heteroatoms. The highest BCUT2D eigenvalue weighted by molar-refractivity contribution is 5.53. The molecule has 16 heavy (non-hydrogen) atoms. The monoisotopic (exact) mass is 244 g/mol. The second-order valence-corrected chi connectivity index (χ2v) is 2.12. The SMILES string of the molecule is CCCC(OC)OO.O=C(O)O.O=C(O)O. The maximum Gasteiger partial charge on any atom is 0.503 e. The lowest BCUT2D eigenvalue weighted by atomic mass is 10.3. The predicted octanol–water partition coefficient (Wildman–Crippen LogP) is 1.69. The van der Waals surface area contributed by atoms with Gasteiger partial charge in [-0.25, -0.2) is 19.7 Å². The lowest BCUT2D eigenvalue weighted by Crippen LogP contribution is -2.11. The number of carbonyl (C=O) groups is 2. The van der Waals surface area contributed by atoms with Gasteiger partial charge in [0.05, 0.1) is 0 Å². The van der Waals surface area contributed by atoms with Crippen LogP contribution in [0.4, 0.5) is 9.59 Å². The van der Waals surface area contributed by atoms with Crippen molar-refractivity contribution in [2.45, 2.75) is 26.1 Å². The summed E-state index contributed by atoms with van der Waals surface area (Å²) in [6.45, 7) is 1.99. The zero-order valence-electron chi connectivity index (χ0n) is 8.86. The van der Waals surface area contributed by atoms with Crippen LogP contribution in [-0.2, 0) is 9.62 Å². The quantitative estimate of drug-likeness (QED) is 0.282. The maximum atomic E-state index is 8.56. The summed E-state index contributed by atoms with van der Waals surface area (Å²) in [5.74, 6) is 0. The second-order valence-electron chi connectivity index (χ2n) is 2.12. The molecule has 0 aliphatic heterocycles. The minimum atomic E-state index is -1.83. The van der Waals surface area contributed by atoms with Gasteiger partial charge in [0, 0.05) is 13.5 Å². The number of rotatable bonds is 4. The smallest absolute Gasteiger partial charge is 0.450 e. The topological polar surface area (TPSA) is 154 Å². The van der Waals surface area contributed by atoms with Gasteiger partial charge < -0.3 is 25.2 Å². The molecule has 0 saturated carbocycles. The van der Waals surface area contributed by atoms with Crippen LogP contribution in [0.25, 0.3) is 0 Å². The fourth-order valence-corrected chi connectivity index (χ4v) is 0.449. The van der Waals surface area contributed by atoms with Crippen LogP contribution in [0, 0.1) is 0 Å². The Bertz CT molecular complexity index is 145. The number of carboxylic acid groups (broad SMARTS) is 4. The van der Waals surface area contributed by atoms with Crippen LogP contribution in [0.5, 0.6) is 0 Å². The Hall–Kier alpha value is -1.58. The van der Waals surface area contributed by atoms with Crippen molar-refractivity contribution in [2.75, 3.05) is 7.11 Å². The Kier molecular flexibility index (Phi) is 19.8. The molecule has 0 amide bonds. The van der Waals surface area contributed by atoms with E-state index in [4.69, 9.17) is 35.3 Å². The molecule has 0 spiro atoms. The summed E-state index contributed by atoms with van der Waals surface area (Å²) in [6, 6.07) is 0. The molecule has 0 fully saturated rings. The van der Waals surface area contributed by atoms with Gasteiger partial charge in [-0.3, -0.25) is 0 Å². The summed E-state index contributed by atoms with van der Waals surface area (Å²) in [4.78, 5) is 21.0. The summed E-state index contributed by atoms with van der Waals surface area (Å²) in [5.41, 5.74) is 0. The van der Waals surface area contributed by atoms with Crippen molar-refractivity contribution >= 4 is 12.3 Å². The molecule has 0 heterocycles. The van der Waals surface area contributed by atoms with Gasteiger partial charge in [-0.1, -0.05) is 13.3 Å². The van der Waals surface area contributed by atoms with E-state index in [9.17, 15) is 0 Å². The van der Waals surface area contributed by atoms with E-state index >= 15 is 0 Å². The van der Waals surface area contributed by atoms with E-state index in [1.54, 1.807) is 0 Å². The predicted molar refractivity (Wildman–Crippen MR) is 50.7 cm³/mol. The van der Waals surface area contributed by atoms with Crippen LogP contribution >= 0.6 is 0 Å². The van der Waals surface area contributed by atoms with E-state index in [2.05, 4.69) is 9.62 Å². The third-order valence-electron chi connectivity index (χ3n) is 0.905. The van der Waals surface area contributed by atoms with Gasteiger partial charge in [-0.2, -0.15) is 0 Å². The van der Waals surface area contributed by atoms with Gasteiger partial charge in [-0.05, 0) is 0 Å². The standard InChI is InChI=1S/C5H12O3.2CH2O3/c1-3-4-5(7-2)8-6;2*2-1(3)4/h5-6H,3-4H2,1-2H3;2*(H2,2,3,4). The van der Waals surface area contributed by atoms with Crippen molar-refractivity contribution in [2.24, 2.45) is 0 Å². The fraction of sp³-hybridized carbons (Fsp3) is 0.714. The van der Waals surface area contributed by atoms with Crippen molar-refractivity contribution in [3.05, 3.63) is 0 Å². The Morgan fingerprint density at radius 2 is 1.44 bits per heavy atom. The highest BCUT2D eigenvalue weighted by Crippen LogP contribution is 1.99. The fourth-order valence-electron chi connectivity index (χ4n) is 0.449. The molecule has 98 valence electrons. The summed E-state index contributed by atoms with van der Waals surface area (Å²) < 4.78 is 4.67. The summed E-state index contributed by atoms with van der Waals surface area (Å²) in [6.07, 6.45) is -2.44. The molecule has 0 aromatic rings. The first-order valence-electron chi connectivity index (χ1n) is 3.98. The molecule has 0 aliphatic carbocycles. The van der Waals surface area contributed by atoms with Crippen molar-refractivity contribution in [3.63, 3.8) is 0 Å². The summed E-state index contributed by atoms with van der Waals surface area (Å²) >= 11 is 0. The van der Waals surface area contributed by atoms with Crippen LogP contribution in [0.1, 0.15) is 19.8 Å². The lowest BCUT2D eigenvalue weighted by Gasteiger charge is -2.07. The van der Waals surface area contributed by atoms with Crippen molar-refractivity contribution in [1.29, 1.82) is 0 Å². The van der Waals surface area contributed by atoms with Gasteiger partial charge in [0.25, 0.3) is 0 Å². The third kappa shape index (κ3) is 55.1. The third-order valence-corrected chi connectivity index (χ3v) is 0.905. The second kappa shape index (κ2) is 15.9. The number of hydrogen-bond donors (Lipinski definition) is 5. The molecule has 1 unspecified atom stereocenters. The molecule has 9 nitrogen and oxygen atoms in total. The highest BCUT2D eigenvalue weighted by atomic mass is 17.1. The van der Waals surface area contributed by atoms with Gasteiger partial charge in [0.15, 0.2) is 6.29 Å². The first kappa shape index (κ1) is 19.9. The molecule has 5 N–H and O–H groups in total. The first-order chi connectivity index (χ1) is 7.31. The molecule has 1 atom stereocenters. The first-order valence-corrected chi connectivity index (χ1v) is 3.98. The Morgan fingerprint density at radius 3 is 1.50 bits per heavy atom. The van der Waals surface area contributed by atoms with E-state index in [-0.39, 0.29) is 0 Å². The normalized spacial score (nSPS) is 9.94. The molecular weight excluding hydrogens is 228 g/mol. The lowest BCUT2D eigenvalue weighted by molar-refractivity contribution is -0.341. The molecule has 0 rings (SSSR count). The van der Waals surface area contributed by atoms with Gasteiger partial charge in [0.2, 0.25) is 0 Å². The van der Waals surface area contributed by atoms with Crippen molar-refractivity contribution in [1.82, 2.24) is 0 Å². The molecular formula is C7H16O9. The summed E-state index contributed by atoms with van der Waals surface area (Å²) in [7, 11) is 1.50. The zero-order chi connectivity index (χ0) is 13.6. The van der Waals surface area contributed by atoms with Crippen LogP contribution in [0.15, 0.2) is 0 Å². The van der Waals surface area contributed by atoms with Gasteiger partial charge in [0.1, 0.15) is 0 Å². The molecule has 0 aromatic heterocycles. The van der Waals surface area contributed by atoms with Crippen LogP contribution in [0.3, 0.4) is 0 Å². The van der Waals surface area contributed by atoms with E-state index in [1.165, 1.54) is 7.11 Å². The van der Waals surface area contributed by atoms with E-state index in [0.29, 0.717) is 0 Å². The average molecular weight is 244 g/mol. The number of hydrogen-bond acceptors (Lipinski definition) is 5. The van der Waals surface area contributed by atoms with E-state index < -0.39 is 18.6 Å². The molecule has 0 aromatic carbocycles. The number of ether oxygens (including phenoxy) is 1. The van der Waals surface area contributed by atoms with Gasteiger partial charge >= 0.3 is 12.3 Å². The van der Waals surface area contributed by atoms with Crippen LogP contribution in [-0.4, -0.2) is 51.4 Å². The maximum absolute atomic E-state index is 8.56.